The minimum atomic E-state index is 0.124. The van der Waals surface area contributed by atoms with Crippen LogP contribution < -0.4 is 0 Å². The number of rotatable bonds is 5. The summed E-state index contributed by atoms with van der Waals surface area (Å²) in [4.78, 5) is 23.2. The van der Waals surface area contributed by atoms with Gasteiger partial charge in [0, 0.05) is 24.3 Å². The van der Waals surface area contributed by atoms with E-state index in [1.54, 1.807) is 6.20 Å². The highest BCUT2D eigenvalue weighted by molar-refractivity contribution is 7.13. The van der Waals surface area contributed by atoms with E-state index < -0.39 is 0 Å². The average Bonchev–Trinajstić information content (AvgIpc) is 3.36. The summed E-state index contributed by atoms with van der Waals surface area (Å²) >= 11 is 1.47. The highest BCUT2D eigenvalue weighted by Crippen LogP contribution is 2.23. The number of hydrogen-bond donors (Lipinski definition) is 1. The van der Waals surface area contributed by atoms with Gasteiger partial charge in [0.2, 0.25) is 5.91 Å². The molecule has 24 heavy (non-hydrogen) atoms. The first-order valence-electron chi connectivity index (χ1n) is 7.86. The number of thiazole rings is 1. The van der Waals surface area contributed by atoms with Gasteiger partial charge < -0.3 is 4.90 Å². The third kappa shape index (κ3) is 3.07. The maximum atomic E-state index is 12.7. The van der Waals surface area contributed by atoms with Gasteiger partial charge in [-0.25, -0.2) is 9.97 Å². The Labute approximate surface area is 142 Å². The number of hydrogen-bond acceptors (Lipinski definition) is 6. The number of likely N-dealkylation sites (tertiary alicyclic amines) is 1. The van der Waals surface area contributed by atoms with Crippen LogP contribution in [0.4, 0.5) is 0 Å². The minimum absolute atomic E-state index is 0.124. The highest BCUT2D eigenvalue weighted by atomic mass is 32.1. The first-order chi connectivity index (χ1) is 11.8. The van der Waals surface area contributed by atoms with Crippen LogP contribution >= 0.6 is 11.3 Å². The number of amides is 1. The van der Waals surface area contributed by atoms with Crippen LogP contribution in [0.1, 0.15) is 18.5 Å². The lowest BCUT2D eigenvalue weighted by atomic mass is 10.2. The zero-order chi connectivity index (χ0) is 16.4. The number of carbonyl (C=O) groups is 1. The van der Waals surface area contributed by atoms with Gasteiger partial charge in [-0.1, -0.05) is 0 Å². The Balaban J connectivity index is 1.42. The van der Waals surface area contributed by atoms with E-state index in [-0.39, 0.29) is 11.9 Å². The molecule has 0 bridgehead atoms. The maximum Gasteiger partial charge on any atom is 0.228 e. The molecule has 1 aliphatic heterocycles. The van der Waals surface area contributed by atoms with E-state index in [9.17, 15) is 4.79 Å². The number of carbonyl (C=O) groups excluding carboxylic acids is 1. The molecule has 0 spiro atoms. The number of nitrogens with zero attached hydrogens (tertiary/aromatic N) is 6. The van der Waals surface area contributed by atoms with E-state index >= 15 is 0 Å². The lowest BCUT2D eigenvalue weighted by molar-refractivity contribution is -0.131. The summed E-state index contributed by atoms with van der Waals surface area (Å²) in [5.41, 5.74) is 0.779. The summed E-state index contributed by atoms with van der Waals surface area (Å²) in [6.45, 7) is 1.56. The molecule has 0 aliphatic carbocycles. The van der Waals surface area contributed by atoms with E-state index in [1.807, 2.05) is 27.2 Å². The van der Waals surface area contributed by atoms with Crippen LogP contribution in [0.5, 0.6) is 0 Å². The van der Waals surface area contributed by atoms with Gasteiger partial charge in [-0.3, -0.25) is 14.6 Å². The molecule has 8 nitrogen and oxygen atoms in total. The van der Waals surface area contributed by atoms with Crippen LogP contribution in [0.25, 0.3) is 10.8 Å². The molecule has 4 heterocycles. The Morgan fingerprint density at radius 3 is 3.21 bits per heavy atom. The lowest BCUT2D eigenvalue weighted by Crippen LogP contribution is -2.39. The quantitative estimate of drug-likeness (QED) is 0.755. The fourth-order valence-electron chi connectivity index (χ4n) is 3.04. The minimum Gasteiger partial charge on any atom is -0.338 e. The third-order valence-corrected chi connectivity index (χ3v) is 5.05. The molecule has 0 radical (unpaired) electrons. The van der Waals surface area contributed by atoms with Gasteiger partial charge >= 0.3 is 0 Å². The molecule has 3 aromatic heterocycles. The number of aromatic nitrogens is 6. The van der Waals surface area contributed by atoms with E-state index in [2.05, 4.69) is 25.3 Å². The monoisotopic (exact) mass is 343 g/mol. The van der Waals surface area contributed by atoms with E-state index in [4.69, 9.17) is 0 Å². The van der Waals surface area contributed by atoms with Crippen LogP contribution in [0.3, 0.4) is 0 Å². The molecule has 1 aliphatic rings. The predicted octanol–water partition coefficient (Wildman–Crippen LogP) is 1.36. The van der Waals surface area contributed by atoms with Crippen LogP contribution in [-0.4, -0.2) is 53.3 Å². The normalized spacial score (nSPS) is 17.5. The molecule has 1 N–H and O–H groups in total. The summed E-state index contributed by atoms with van der Waals surface area (Å²) in [6.07, 6.45) is 7.53. The van der Waals surface area contributed by atoms with Crippen molar-refractivity contribution in [2.75, 3.05) is 6.54 Å². The average molecular weight is 343 g/mol. The standard InChI is InChI=1S/C15H17N7OS/c23-13(7-11-9-24-15(19-11)14-16-10-17-20-14)22-6-1-3-12(22)8-21-5-2-4-18-21/h2,4-5,9-10,12H,1,3,6-8H2,(H,16,17,20)/t12-/m0/s1. The highest BCUT2D eigenvalue weighted by Gasteiger charge is 2.29. The predicted molar refractivity (Wildman–Crippen MR) is 88.2 cm³/mol. The van der Waals surface area contributed by atoms with Gasteiger partial charge in [-0.2, -0.15) is 10.2 Å². The van der Waals surface area contributed by atoms with Crippen LogP contribution in [0.2, 0.25) is 0 Å². The largest absolute Gasteiger partial charge is 0.338 e. The van der Waals surface area contributed by atoms with Crippen molar-refractivity contribution < 1.29 is 4.79 Å². The van der Waals surface area contributed by atoms with E-state index in [1.165, 1.54) is 17.7 Å². The molecule has 1 saturated heterocycles. The summed E-state index contributed by atoms with van der Waals surface area (Å²) in [6, 6.07) is 2.12. The molecule has 1 fully saturated rings. The van der Waals surface area contributed by atoms with Gasteiger partial charge in [0.15, 0.2) is 10.8 Å². The molecule has 3 aromatic rings. The van der Waals surface area contributed by atoms with Crippen LogP contribution in [0.15, 0.2) is 30.2 Å². The van der Waals surface area contributed by atoms with Crippen molar-refractivity contribution >= 4 is 17.2 Å². The van der Waals surface area contributed by atoms with Gasteiger partial charge in [0.25, 0.3) is 0 Å². The van der Waals surface area contributed by atoms with Crippen LogP contribution in [0, 0.1) is 0 Å². The number of nitrogens with one attached hydrogen (secondary N) is 1. The summed E-state index contributed by atoms with van der Waals surface area (Å²) in [5, 5.41) is 13.5. The zero-order valence-corrected chi connectivity index (χ0v) is 13.8. The second-order valence-electron chi connectivity index (χ2n) is 5.77. The Hall–Kier alpha value is -2.55. The number of H-pyrrole nitrogens is 1. The molecular weight excluding hydrogens is 326 g/mol. The molecule has 1 atom stereocenters. The van der Waals surface area contributed by atoms with Gasteiger partial charge in [0.1, 0.15) is 6.33 Å². The summed E-state index contributed by atoms with van der Waals surface area (Å²) in [5.74, 6) is 0.760. The fraction of sp³-hybridized carbons (Fsp3) is 0.400. The second kappa shape index (κ2) is 6.52. The molecule has 4 rings (SSSR count). The van der Waals surface area contributed by atoms with Crippen molar-refractivity contribution in [1.82, 2.24) is 34.8 Å². The zero-order valence-electron chi connectivity index (χ0n) is 13.0. The van der Waals surface area contributed by atoms with Crippen molar-refractivity contribution in [1.29, 1.82) is 0 Å². The molecule has 0 unspecified atom stereocenters. The van der Waals surface area contributed by atoms with Crippen molar-refractivity contribution in [3.63, 3.8) is 0 Å². The number of aromatic amines is 1. The van der Waals surface area contributed by atoms with Crippen molar-refractivity contribution in [2.45, 2.75) is 31.8 Å². The second-order valence-corrected chi connectivity index (χ2v) is 6.62. The smallest absolute Gasteiger partial charge is 0.228 e. The lowest BCUT2D eigenvalue weighted by Gasteiger charge is -2.24. The van der Waals surface area contributed by atoms with Gasteiger partial charge in [0.05, 0.1) is 24.7 Å². The molecule has 9 heteroatoms. The molecule has 0 aromatic carbocycles. The van der Waals surface area contributed by atoms with Gasteiger partial charge in [-0.05, 0) is 18.9 Å². The first-order valence-corrected chi connectivity index (χ1v) is 8.74. The molecule has 124 valence electrons. The Morgan fingerprint density at radius 2 is 2.42 bits per heavy atom. The van der Waals surface area contributed by atoms with Crippen molar-refractivity contribution in [2.24, 2.45) is 0 Å². The Morgan fingerprint density at radius 1 is 1.46 bits per heavy atom. The maximum absolute atomic E-state index is 12.7. The van der Waals surface area contributed by atoms with E-state index in [0.717, 1.165) is 36.6 Å². The van der Waals surface area contributed by atoms with Crippen LogP contribution in [-0.2, 0) is 17.8 Å². The first kappa shape index (κ1) is 15.0. The Kier molecular flexibility index (Phi) is 4.08. The summed E-state index contributed by atoms with van der Waals surface area (Å²) in [7, 11) is 0. The molecule has 1 amide bonds. The summed E-state index contributed by atoms with van der Waals surface area (Å²) < 4.78 is 1.89. The third-order valence-electron chi connectivity index (χ3n) is 4.16. The topological polar surface area (TPSA) is 92.6 Å². The SMILES string of the molecule is O=C(Cc1csc(-c2ncn[nH]2)n1)N1CCC[C@H]1Cn1cccn1. The molecule has 0 saturated carbocycles. The van der Waals surface area contributed by atoms with Gasteiger partial charge in [-0.15, -0.1) is 11.3 Å². The Bertz CT molecular complexity index is 796. The van der Waals surface area contributed by atoms with Crippen molar-refractivity contribution in [3.05, 3.63) is 35.9 Å². The molecular formula is C15H17N7OS. The van der Waals surface area contributed by atoms with E-state index in [0.29, 0.717) is 12.2 Å². The van der Waals surface area contributed by atoms with Crippen molar-refractivity contribution in [3.8, 4) is 10.8 Å². The fourth-order valence-corrected chi connectivity index (χ4v) is 3.80.